The van der Waals surface area contributed by atoms with E-state index in [1.807, 2.05) is 24.3 Å². The molecule has 0 aliphatic carbocycles. The monoisotopic (exact) mass is 412 g/mol. The SMILES string of the molecule is O=C(CNCc1ccccc1Cl)Nc1ccc(Cl)cc1C(=O)c1ccccc1. The molecule has 0 aliphatic heterocycles. The molecule has 3 aromatic rings. The smallest absolute Gasteiger partial charge is 0.238 e. The van der Waals surface area contributed by atoms with E-state index in [0.717, 1.165) is 5.56 Å². The van der Waals surface area contributed by atoms with Gasteiger partial charge in [-0.15, -0.1) is 0 Å². The number of benzene rings is 3. The molecule has 28 heavy (non-hydrogen) atoms. The first-order valence-corrected chi connectivity index (χ1v) is 9.43. The number of hydrogen-bond acceptors (Lipinski definition) is 3. The van der Waals surface area contributed by atoms with Crippen LogP contribution in [-0.4, -0.2) is 18.2 Å². The summed E-state index contributed by atoms with van der Waals surface area (Å²) < 4.78 is 0. The van der Waals surface area contributed by atoms with Crippen molar-refractivity contribution in [1.29, 1.82) is 0 Å². The molecule has 0 atom stereocenters. The first kappa shape index (κ1) is 20.1. The molecule has 4 nitrogen and oxygen atoms in total. The normalized spacial score (nSPS) is 10.5. The van der Waals surface area contributed by atoms with E-state index in [-0.39, 0.29) is 18.2 Å². The Labute approximate surface area is 173 Å². The summed E-state index contributed by atoms with van der Waals surface area (Å²) in [6, 6.07) is 21.1. The van der Waals surface area contributed by atoms with Crippen molar-refractivity contribution in [2.75, 3.05) is 11.9 Å². The van der Waals surface area contributed by atoms with Gasteiger partial charge in [-0.3, -0.25) is 9.59 Å². The molecule has 0 saturated heterocycles. The van der Waals surface area contributed by atoms with E-state index in [2.05, 4.69) is 10.6 Å². The van der Waals surface area contributed by atoms with Crippen molar-refractivity contribution in [2.24, 2.45) is 0 Å². The first-order valence-electron chi connectivity index (χ1n) is 8.68. The van der Waals surface area contributed by atoms with Crippen molar-refractivity contribution in [2.45, 2.75) is 6.54 Å². The minimum absolute atomic E-state index is 0.0762. The van der Waals surface area contributed by atoms with Crippen molar-refractivity contribution in [3.8, 4) is 0 Å². The van der Waals surface area contributed by atoms with Gasteiger partial charge in [0.2, 0.25) is 5.91 Å². The first-order chi connectivity index (χ1) is 13.5. The van der Waals surface area contributed by atoms with Gasteiger partial charge < -0.3 is 10.6 Å². The second kappa shape index (κ2) is 9.51. The van der Waals surface area contributed by atoms with Gasteiger partial charge in [0.15, 0.2) is 5.78 Å². The maximum atomic E-state index is 12.8. The lowest BCUT2D eigenvalue weighted by molar-refractivity contribution is -0.115. The van der Waals surface area contributed by atoms with Crippen molar-refractivity contribution in [3.05, 3.63) is 99.5 Å². The van der Waals surface area contributed by atoms with Crippen molar-refractivity contribution >= 4 is 40.6 Å². The summed E-state index contributed by atoms with van der Waals surface area (Å²) in [5, 5.41) is 6.89. The van der Waals surface area contributed by atoms with Gasteiger partial charge in [0.1, 0.15) is 0 Å². The third-order valence-electron chi connectivity index (χ3n) is 4.10. The average Bonchev–Trinajstić information content (AvgIpc) is 2.71. The number of ketones is 1. The van der Waals surface area contributed by atoms with Crippen LogP contribution in [-0.2, 0) is 11.3 Å². The Balaban J connectivity index is 1.67. The van der Waals surface area contributed by atoms with Gasteiger partial charge in [0.25, 0.3) is 0 Å². The van der Waals surface area contributed by atoms with E-state index in [1.165, 1.54) is 0 Å². The maximum absolute atomic E-state index is 12.8. The highest BCUT2D eigenvalue weighted by atomic mass is 35.5. The van der Waals surface area contributed by atoms with E-state index in [4.69, 9.17) is 23.2 Å². The highest BCUT2D eigenvalue weighted by Crippen LogP contribution is 2.23. The number of amides is 1. The molecule has 0 heterocycles. The van der Waals surface area contributed by atoms with Crippen molar-refractivity contribution in [1.82, 2.24) is 5.32 Å². The minimum Gasteiger partial charge on any atom is -0.324 e. The Morgan fingerprint density at radius 1 is 0.857 bits per heavy atom. The van der Waals surface area contributed by atoms with Crippen LogP contribution in [0.2, 0.25) is 10.0 Å². The number of nitrogens with one attached hydrogen (secondary N) is 2. The molecule has 0 spiro atoms. The Kier molecular flexibility index (Phi) is 6.82. The standard InChI is InChI=1S/C22H18Cl2N2O2/c23-17-10-11-20(18(12-17)22(28)15-6-2-1-3-7-15)26-21(27)14-25-13-16-8-4-5-9-19(16)24/h1-12,25H,13-14H2,(H,26,27). The molecule has 0 aromatic heterocycles. The highest BCUT2D eigenvalue weighted by molar-refractivity contribution is 6.31. The molecule has 3 aromatic carbocycles. The lowest BCUT2D eigenvalue weighted by Crippen LogP contribution is -2.28. The van der Waals surface area contributed by atoms with E-state index < -0.39 is 0 Å². The van der Waals surface area contributed by atoms with Crippen LogP contribution in [0.5, 0.6) is 0 Å². The van der Waals surface area contributed by atoms with Crippen LogP contribution in [0, 0.1) is 0 Å². The van der Waals surface area contributed by atoms with Crippen LogP contribution in [0.3, 0.4) is 0 Å². The molecule has 0 fully saturated rings. The Hall–Kier alpha value is -2.66. The number of rotatable bonds is 7. The molecular formula is C22H18Cl2N2O2. The van der Waals surface area contributed by atoms with Gasteiger partial charge in [0.05, 0.1) is 12.2 Å². The quantitative estimate of drug-likeness (QED) is 0.539. The van der Waals surface area contributed by atoms with Gasteiger partial charge >= 0.3 is 0 Å². The summed E-state index contributed by atoms with van der Waals surface area (Å²) in [6.45, 7) is 0.538. The third kappa shape index (κ3) is 5.20. The van der Waals surface area contributed by atoms with Gasteiger partial charge in [-0.1, -0.05) is 71.7 Å². The summed E-state index contributed by atoms with van der Waals surface area (Å²) in [5.74, 6) is -0.473. The van der Waals surface area contributed by atoms with Crippen molar-refractivity contribution < 1.29 is 9.59 Å². The molecule has 0 radical (unpaired) electrons. The summed E-state index contributed by atoms with van der Waals surface area (Å²) in [5.41, 5.74) is 2.20. The Morgan fingerprint density at radius 2 is 1.57 bits per heavy atom. The van der Waals surface area contributed by atoms with Crippen LogP contribution in [0.1, 0.15) is 21.5 Å². The molecule has 0 bridgehead atoms. The van der Waals surface area contributed by atoms with Gasteiger partial charge in [-0.25, -0.2) is 0 Å². The summed E-state index contributed by atoms with van der Waals surface area (Å²) >= 11 is 12.2. The third-order valence-corrected chi connectivity index (χ3v) is 4.70. The molecule has 1 amide bonds. The maximum Gasteiger partial charge on any atom is 0.238 e. The van der Waals surface area contributed by atoms with Crippen LogP contribution in [0.15, 0.2) is 72.8 Å². The van der Waals surface area contributed by atoms with E-state index in [9.17, 15) is 9.59 Å². The van der Waals surface area contributed by atoms with E-state index in [1.54, 1.807) is 48.5 Å². The lowest BCUT2D eigenvalue weighted by atomic mass is 10.0. The fraction of sp³-hybridized carbons (Fsp3) is 0.0909. The lowest BCUT2D eigenvalue weighted by Gasteiger charge is -2.12. The summed E-state index contributed by atoms with van der Waals surface area (Å²) in [6.07, 6.45) is 0. The molecule has 0 unspecified atom stereocenters. The van der Waals surface area contributed by atoms with Gasteiger partial charge in [0, 0.05) is 27.7 Å². The molecule has 3 rings (SSSR count). The molecule has 142 valence electrons. The van der Waals surface area contributed by atoms with Crippen LogP contribution in [0.4, 0.5) is 5.69 Å². The fourth-order valence-corrected chi connectivity index (χ4v) is 3.08. The molecule has 0 saturated carbocycles. The second-order valence-corrected chi connectivity index (χ2v) is 6.97. The van der Waals surface area contributed by atoms with E-state index in [0.29, 0.717) is 33.4 Å². The molecule has 0 aliphatic rings. The molecule has 6 heteroatoms. The zero-order valence-corrected chi connectivity index (χ0v) is 16.4. The fourth-order valence-electron chi connectivity index (χ4n) is 2.71. The number of halogens is 2. The van der Waals surface area contributed by atoms with Crippen molar-refractivity contribution in [3.63, 3.8) is 0 Å². The number of anilines is 1. The Morgan fingerprint density at radius 3 is 2.32 bits per heavy atom. The second-order valence-electron chi connectivity index (χ2n) is 6.13. The zero-order chi connectivity index (χ0) is 19.9. The van der Waals surface area contributed by atoms with Crippen LogP contribution in [0.25, 0.3) is 0 Å². The largest absolute Gasteiger partial charge is 0.324 e. The van der Waals surface area contributed by atoms with Gasteiger partial charge in [-0.2, -0.15) is 0 Å². The average molecular weight is 413 g/mol. The summed E-state index contributed by atoms with van der Waals surface area (Å²) in [4.78, 5) is 25.1. The number of hydrogen-bond donors (Lipinski definition) is 2. The molecular weight excluding hydrogens is 395 g/mol. The summed E-state index contributed by atoms with van der Waals surface area (Å²) in [7, 11) is 0. The van der Waals surface area contributed by atoms with Crippen LogP contribution >= 0.6 is 23.2 Å². The van der Waals surface area contributed by atoms with Gasteiger partial charge in [-0.05, 0) is 29.8 Å². The highest BCUT2D eigenvalue weighted by Gasteiger charge is 2.16. The topological polar surface area (TPSA) is 58.2 Å². The predicted octanol–water partition coefficient (Wildman–Crippen LogP) is 4.95. The Bertz CT molecular complexity index is 991. The predicted molar refractivity (Wildman–Crippen MR) is 113 cm³/mol. The zero-order valence-electron chi connectivity index (χ0n) is 14.9. The van der Waals surface area contributed by atoms with E-state index >= 15 is 0 Å². The molecule has 2 N–H and O–H groups in total. The van der Waals surface area contributed by atoms with Crippen LogP contribution < -0.4 is 10.6 Å². The minimum atomic E-state index is -0.267. The number of carbonyl (C=O) groups excluding carboxylic acids is 2. The number of carbonyl (C=O) groups is 2.